The molecule has 0 spiro atoms. The first-order valence-electron chi connectivity index (χ1n) is 6.89. The van der Waals surface area contributed by atoms with Crippen LogP contribution in [0.15, 0.2) is 15.9 Å². The Morgan fingerprint density at radius 3 is 2.64 bits per heavy atom. The van der Waals surface area contributed by atoms with Gasteiger partial charge >= 0.3 is 5.97 Å². The monoisotopic (exact) mass is 388 g/mol. The van der Waals surface area contributed by atoms with E-state index in [9.17, 15) is 14.4 Å². The lowest BCUT2D eigenvalue weighted by molar-refractivity contribution is -0.142. The van der Waals surface area contributed by atoms with Crippen LogP contribution >= 0.6 is 27.3 Å². The Kier molecular flexibility index (Phi) is 5.57. The number of halogens is 1. The molecule has 0 aromatic carbocycles. The molecule has 1 saturated carbocycles. The van der Waals surface area contributed by atoms with Gasteiger partial charge in [-0.2, -0.15) is 0 Å². The summed E-state index contributed by atoms with van der Waals surface area (Å²) in [5, 5.41) is 11.6. The Morgan fingerprint density at radius 2 is 2.14 bits per heavy atom. The lowest BCUT2D eigenvalue weighted by atomic mass is 10.1. The SMILES string of the molecule is CN(CC(=O)NC(CC1CC1)C(=O)O)C(=O)c1ccc(Br)s1. The van der Waals surface area contributed by atoms with Crippen molar-refractivity contribution >= 4 is 45.1 Å². The number of nitrogens with one attached hydrogen (secondary N) is 1. The minimum atomic E-state index is -1.03. The summed E-state index contributed by atoms with van der Waals surface area (Å²) in [5.74, 6) is -1.36. The molecule has 1 aromatic heterocycles. The summed E-state index contributed by atoms with van der Waals surface area (Å²) < 4.78 is 0.837. The summed E-state index contributed by atoms with van der Waals surface area (Å²) in [6.45, 7) is -0.164. The molecule has 1 aromatic rings. The Labute approximate surface area is 140 Å². The highest BCUT2D eigenvalue weighted by Crippen LogP contribution is 2.33. The number of thiophene rings is 1. The number of aliphatic carboxylic acids is 1. The van der Waals surface area contributed by atoms with E-state index >= 15 is 0 Å². The van der Waals surface area contributed by atoms with Crippen molar-refractivity contribution in [3.05, 3.63) is 20.8 Å². The smallest absolute Gasteiger partial charge is 0.326 e. The lowest BCUT2D eigenvalue weighted by Crippen LogP contribution is -2.46. The van der Waals surface area contributed by atoms with E-state index in [1.54, 1.807) is 12.1 Å². The highest BCUT2D eigenvalue weighted by molar-refractivity contribution is 9.11. The molecule has 2 rings (SSSR count). The number of likely N-dealkylation sites (N-methyl/N-ethyl adjacent to an activating group) is 1. The topological polar surface area (TPSA) is 86.7 Å². The average Bonchev–Trinajstić information content (AvgIpc) is 3.16. The van der Waals surface area contributed by atoms with Crippen molar-refractivity contribution in [3.63, 3.8) is 0 Å². The number of hydrogen-bond acceptors (Lipinski definition) is 4. The third kappa shape index (κ3) is 4.81. The van der Waals surface area contributed by atoms with Crippen LogP contribution in [0.25, 0.3) is 0 Å². The fraction of sp³-hybridized carbons (Fsp3) is 0.500. The largest absolute Gasteiger partial charge is 0.480 e. The first-order valence-corrected chi connectivity index (χ1v) is 8.50. The molecule has 8 heteroatoms. The van der Waals surface area contributed by atoms with Crippen molar-refractivity contribution in [1.82, 2.24) is 10.2 Å². The number of amides is 2. The van der Waals surface area contributed by atoms with E-state index in [4.69, 9.17) is 5.11 Å². The van der Waals surface area contributed by atoms with Gasteiger partial charge in [0.05, 0.1) is 15.2 Å². The summed E-state index contributed by atoms with van der Waals surface area (Å²) in [7, 11) is 1.52. The molecule has 1 unspecified atom stereocenters. The van der Waals surface area contributed by atoms with Gasteiger partial charge in [-0.1, -0.05) is 12.8 Å². The third-order valence-corrected chi connectivity index (χ3v) is 5.02. The van der Waals surface area contributed by atoms with Crippen LogP contribution in [0.1, 0.15) is 28.9 Å². The number of rotatable bonds is 7. The average molecular weight is 389 g/mol. The zero-order valence-electron chi connectivity index (χ0n) is 12.0. The fourth-order valence-corrected chi connectivity index (χ4v) is 3.43. The summed E-state index contributed by atoms with van der Waals surface area (Å²) >= 11 is 4.57. The van der Waals surface area contributed by atoms with E-state index in [2.05, 4.69) is 21.2 Å². The molecule has 1 aliphatic carbocycles. The van der Waals surface area contributed by atoms with Crippen LogP contribution in [0.4, 0.5) is 0 Å². The van der Waals surface area contributed by atoms with E-state index in [0.717, 1.165) is 16.6 Å². The van der Waals surface area contributed by atoms with Crippen molar-refractivity contribution < 1.29 is 19.5 Å². The van der Waals surface area contributed by atoms with Crippen molar-refractivity contribution in [2.24, 2.45) is 5.92 Å². The molecule has 2 N–H and O–H groups in total. The minimum absolute atomic E-state index is 0.164. The van der Waals surface area contributed by atoms with Gasteiger partial charge in [-0.25, -0.2) is 4.79 Å². The van der Waals surface area contributed by atoms with Crippen molar-refractivity contribution in [2.45, 2.75) is 25.3 Å². The number of carboxylic acid groups (broad SMARTS) is 1. The van der Waals surface area contributed by atoms with Crippen LogP contribution in [0, 0.1) is 5.92 Å². The second-order valence-electron chi connectivity index (χ2n) is 5.40. The summed E-state index contributed by atoms with van der Waals surface area (Å²) in [6, 6.07) is 2.57. The Bertz CT molecular complexity index is 585. The predicted molar refractivity (Wildman–Crippen MR) is 85.9 cm³/mol. The predicted octanol–water partition coefficient (Wildman–Crippen LogP) is 1.95. The zero-order chi connectivity index (χ0) is 16.3. The first kappa shape index (κ1) is 17.0. The minimum Gasteiger partial charge on any atom is -0.480 e. The third-order valence-electron chi connectivity index (χ3n) is 3.41. The number of carboxylic acids is 1. The van der Waals surface area contributed by atoms with Gasteiger partial charge in [0.2, 0.25) is 5.91 Å². The molecular weight excluding hydrogens is 372 g/mol. The van der Waals surface area contributed by atoms with Gasteiger partial charge in [0, 0.05) is 7.05 Å². The Morgan fingerprint density at radius 1 is 1.45 bits per heavy atom. The highest BCUT2D eigenvalue weighted by atomic mass is 79.9. The molecule has 1 fully saturated rings. The van der Waals surface area contributed by atoms with Crippen LogP contribution in [0.5, 0.6) is 0 Å². The van der Waals surface area contributed by atoms with E-state index in [0.29, 0.717) is 17.2 Å². The molecule has 0 saturated heterocycles. The van der Waals surface area contributed by atoms with Crippen LogP contribution in [0.3, 0.4) is 0 Å². The molecule has 0 aliphatic heterocycles. The van der Waals surface area contributed by atoms with Gasteiger partial charge < -0.3 is 15.3 Å². The quantitative estimate of drug-likeness (QED) is 0.747. The van der Waals surface area contributed by atoms with Crippen molar-refractivity contribution in [1.29, 1.82) is 0 Å². The maximum absolute atomic E-state index is 12.1. The van der Waals surface area contributed by atoms with Gasteiger partial charge in [-0.05, 0) is 40.4 Å². The molecule has 1 atom stereocenters. The molecule has 22 heavy (non-hydrogen) atoms. The molecular formula is C14H17BrN2O4S. The van der Waals surface area contributed by atoms with Gasteiger partial charge in [0.1, 0.15) is 6.04 Å². The summed E-state index contributed by atoms with van der Waals surface area (Å²) in [4.78, 5) is 37.0. The molecule has 1 aliphatic rings. The lowest BCUT2D eigenvalue weighted by Gasteiger charge is -2.18. The molecule has 1 heterocycles. The van der Waals surface area contributed by atoms with Gasteiger partial charge in [-0.3, -0.25) is 9.59 Å². The molecule has 0 radical (unpaired) electrons. The van der Waals surface area contributed by atoms with Crippen LogP contribution in [-0.4, -0.2) is 47.4 Å². The molecule has 2 amide bonds. The van der Waals surface area contributed by atoms with Crippen LogP contribution in [-0.2, 0) is 9.59 Å². The van der Waals surface area contributed by atoms with Crippen molar-refractivity contribution in [3.8, 4) is 0 Å². The maximum Gasteiger partial charge on any atom is 0.326 e. The number of nitrogens with zero attached hydrogens (tertiary/aromatic N) is 1. The second-order valence-corrected chi connectivity index (χ2v) is 7.87. The normalized spacial score (nSPS) is 15.2. The second kappa shape index (κ2) is 7.23. The van der Waals surface area contributed by atoms with Crippen molar-refractivity contribution in [2.75, 3.05) is 13.6 Å². The highest BCUT2D eigenvalue weighted by Gasteiger charge is 2.30. The van der Waals surface area contributed by atoms with Gasteiger partial charge in [0.25, 0.3) is 5.91 Å². The standard InChI is InChI=1S/C14H17BrN2O4S/c1-17(13(19)10-4-5-11(15)22-10)7-12(18)16-9(14(20)21)6-8-2-3-8/h4-5,8-9H,2-3,6-7H2,1H3,(H,16,18)(H,20,21). The molecule has 0 bridgehead atoms. The van der Waals surface area contributed by atoms with Gasteiger partial charge in [-0.15, -0.1) is 11.3 Å². The van der Waals surface area contributed by atoms with Crippen LogP contribution < -0.4 is 5.32 Å². The van der Waals surface area contributed by atoms with Gasteiger partial charge in [0.15, 0.2) is 0 Å². The van der Waals surface area contributed by atoms with E-state index < -0.39 is 17.9 Å². The van der Waals surface area contributed by atoms with E-state index in [1.807, 2.05) is 0 Å². The summed E-state index contributed by atoms with van der Waals surface area (Å²) in [6.07, 6.45) is 2.49. The van der Waals surface area contributed by atoms with Crippen LogP contribution in [0.2, 0.25) is 0 Å². The van der Waals surface area contributed by atoms with E-state index in [1.165, 1.54) is 23.3 Å². The maximum atomic E-state index is 12.1. The Balaban J connectivity index is 1.86. The molecule has 6 nitrogen and oxygen atoms in total. The first-order chi connectivity index (χ1) is 10.4. The zero-order valence-corrected chi connectivity index (χ0v) is 14.4. The Hall–Kier alpha value is -1.41. The fourth-order valence-electron chi connectivity index (χ4n) is 2.05. The number of hydrogen-bond donors (Lipinski definition) is 2. The molecule has 120 valence electrons. The number of carbonyl (C=O) groups is 3. The number of carbonyl (C=O) groups excluding carboxylic acids is 2. The van der Waals surface area contributed by atoms with E-state index in [-0.39, 0.29) is 12.5 Å². The summed E-state index contributed by atoms with van der Waals surface area (Å²) in [5.41, 5.74) is 0.